The van der Waals surface area contributed by atoms with Gasteiger partial charge in [0.05, 0.1) is 0 Å². The highest BCUT2D eigenvalue weighted by Gasteiger charge is 2.01. The first kappa shape index (κ1) is 5.77. The average molecular weight is 158 g/mol. The molecule has 58 valence electrons. The molecule has 1 N–H and O–H groups in total. The highest BCUT2D eigenvalue weighted by molar-refractivity contribution is 5.93. The van der Waals surface area contributed by atoms with Crippen molar-refractivity contribution in [2.24, 2.45) is 0 Å². The van der Waals surface area contributed by atoms with Gasteiger partial charge in [-0.2, -0.15) is 5.10 Å². The van der Waals surface area contributed by atoms with Crippen molar-refractivity contribution in [3.8, 4) is 0 Å². The van der Waals surface area contributed by atoms with Crippen LogP contribution in [0.15, 0.2) is 31.0 Å². The number of hydrogen-bond donors (Lipinski definition) is 1. The van der Waals surface area contributed by atoms with Gasteiger partial charge in [-0.25, -0.2) is 9.50 Å². The molecule has 0 amide bonds. The third-order valence-electron chi connectivity index (χ3n) is 1.99. The lowest BCUT2D eigenvalue weighted by atomic mass is 10.3. The molecule has 0 saturated heterocycles. The zero-order valence-electron chi connectivity index (χ0n) is 6.23. The smallest absolute Gasteiger partial charge is 0.164 e. The van der Waals surface area contributed by atoms with E-state index in [0.717, 1.165) is 16.4 Å². The van der Waals surface area contributed by atoms with Gasteiger partial charge in [-0.1, -0.05) is 0 Å². The minimum atomic E-state index is 0.897. The van der Waals surface area contributed by atoms with Crippen LogP contribution in [0, 0.1) is 0 Å². The maximum atomic E-state index is 4.15. The number of nitrogens with one attached hydrogen (secondary N) is 1. The molecule has 3 rings (SSSR count). The molecule has 0 aromatic carbocycles. The Morgan fingerprint density at radius 3 is 3.33 bits per heavy atom. The van der Waals surface area contributed by atoms with E-state index < -0.39 is 0 Å². The first-order chi connectivity index (χ1) is 5.95. The average Bonchev–Trinajstić information content (AvgIpc) is 2.71. The number of aromatic nitrogens is 4. The van der Waals surface area contributed by atoms with Crippen LogP contribution in [0.1, 0.15) is 0 Å². The predicted molar refractivity (Wildman–Crippen MR) is 44.8 cm³/mol. The SMILES string of the molecule is c1nc2c3c[nH]cc3ccn2n1. The Kier molecular flexibility index (Phi) is 0.889. The number of nitrogens with zero attached hydrogens (tertiary/aromatic N) is 3. The van der Waals surface area contributed by atoms with Crippen LogP contribution in [0.2, 0.25) is 0 Å². The molecular formula is C8H6N4. The third-order valence-corrected chi connectivity index (χ3v) is 1.99. The Bertz CT molecular complexity index is 484. The molecule has 0 aliphatic carbocycles. The van der Waals surface area contributed by atoms with E-state index >= 15 is 0 Å². The Morgan fingerprint density at radius 1 is 1.33 bits per heavy atom. The van der Waals surface area contributed by atoms with Gasteiger partial charge in [-0.3, -0.25) is 0 Å². The molecule has 3 aromatic rings. The fourth-order valence-corrected chi connectivity index (χ4v) is 1.41. The largest absolute Gasteiger partial charge is 0.366 e. The lowest BCUT2D eigenvalue weighted by molar-refractivity contribution is 0.967. The van der Waals surface area contributed by atoms with Gasteiger partial charge in [0.2, 0.25) is 0 Å². The highest BCUT2D eigenvalue weighted by atomic mass is 15.3. The van der Waals surface area contributed by atoms with E-state index in [1.165, 1.54) is 0 Å². The van der Waals surface area contributed by atoms with Crippen LogP contribution < -0.4 is 0 Å². The second kappa shape index (κ2) is 1.85. The molecule has 0 aliphatic rings. The molecule has 0 spiro atoms. The summed E-state index contributed by atoms with van der Waals surface area (Å²) in [6, 6.07) is 2.01. The molecule has 0 unspecified atom stereocenters. The van der Waals surface area contributed by atoms with E-state index in [1.54, 1.807) is 10.8 Å². The van der Waals surface area contributed by atoms with E-state index in [2.05, 4.69) is 15.1 Å². The van der Waals surface area contributed by atoms with E-state index in [9.17, 15) is 0 Å². The summed E-state index contributed by atoms with van der Waals surface area (Å²) in [6.45, 7) is 0. The number of aromatic amines is 1. The van der Waals surface area contributed by atoms with E-state index in [1.807, 2.05) is 24.7 Å². The van der Waals surface area contributed by atoms with Gasteiger partial charge < -0.3 is 4.98 Å². The molecule has 0 radical (unpaired) electrons. The molecule has 3 heterocycles. The monoisotopic (exact) mass is 158 g/mol. The van der Waals surface area contributed by atoms with E-state index in [4.69, 9.17) is 0 Å². The van der Waals surface area contributed by atoms with Gasteiger partial charge in [0.25, 0.3) is 0 Å². The number of H-pyrrole nitrogens is 1. The van der Waals surface area contributed by atoms with Crippen molar-refractivity contribution >= 4 is 16.4 Å². The summed E-state index contributed by atoms with van der Waals surface area (Å²) in [7, 11) is 0. The second-order valence-corrected chi connectivity index (χ2v) is 2.67. The van der Waals surface area contributed by atoms with Crippen molar-refractivity contribution in [1.29, 1.82) is 0 Å². The number of rotatable bonds is 0. The van der Waals surface area contributed by atoms with Crippen molar-refractivity contribution in [3.05, 3.63) is 31.0 Å². The molecule has 4 heteroatoms. The van der Waals surface area contributed by atoms with Gasteiger partial charge in [0.1, 0.15) is 6.33 Å². The first-order valence-electron chi connectivity index (χ1n) is 3.70. The van der Waals surface area contributed by atoms with Crippen LogP contribution >= 0.6 is 0 Å². The summed E-state index contributed by atoms with van der Waals surface area (Å²) in [5.74, 6) is 0. The lowest BCUT2D eigenvalue weighted by Crippen LogP contribution is -1.84. The molecular weight excluding hydrogens is 152 g/mol. The molecule has 12 heavy (non-hydrogen) atoms. The molecule has 0 atom stereocenters. The van der Waals surface area contributed by atoms with Crippen LogP contribution in [0.25, 0.3) is 16.4 Å². The van der Waals surface area contributed by atoms with Crippen molar-refractivity contribution in [2.75, 3.05) is 0 Å². The van der Waals surface area contributed by atoms with Gasteiger partial charge in [-0.15, -0.1) is 0 Å². The maximum Gasteiger partial charge on any atom is 0.164 e. The van der Waals surface area contributed by atoms with E-state index in [-0.39, 0.29) is 0 Å². The summed E-state index contributed by atoms with van der Waals surface area (Å²) in [5.41, 5.74) is 0.897. The quantitative estimate of drug-likeness (QED) is 0.534. The topological polar surface area (TPSA) is 46.0 Å². The first-order valence-corrected chi connectivity index (χ1v) is 3.70. The zero-order valence-corrected chi connectivity index (χ0v) is 6.23. The second-order valence-electron chi connectivity index (χ2n) is 2.67. The highest BCUT2D eigenvalue weighted by Crippen LogP contribution is 2.16. The Hall–Kier alpha value is -1.84. The van der Waals surface area contributed by atoms with Gasteiger partial charge in [-0.05, 0) is 6.07 Å². The number of hydrogen-bond acceptors (Lipinski definition) is 2. The molecule has 0 saturated carbocycles. The molecule has 4 nitrogen and oxygen atoms in total. The minimum absolute atomic E-state index is 0.897. The van der Waals surface area contributed by atoms with Crippen molar-refractivity contribution < 1.29 is 0 Å². The fourth-order valence-electron chi connectivity index (χ4n) is 1.41. The van der Waals surface area contributed by atoms with Crippen molar-refractivity contribution in [1.82, 2.24) is 19.6 Å². The van der Waals surface area contributed by atoms with Crippen molar-refractivity contribution in [2.45, 2.75) is 0 Å². The van der Waals surface area contributed by atoms with Crippen molar-refractivity contribution in [3.63, 3.8) is 0 Å². The van der Waals surface area contributed by atoms with Crippen LogP contribution in [0.5, 0.6) is 0 Å². The maximum absolute atomic E-state index is 4.15. The summed E-state index contributed by atoms with van der Waals surface area (Å²) in [6.07, 6.45) is 7.34. The molecule has 0 fully saturated rings. The van der Waals surface area contributed by atoms with Crippen LogP contribution in [-0.2, 0) is 0 Å². The molecule has 3 aromatic heterocycles. The van der Waals surface area contributed by atoms with Gasteiger partial charge >= 0.3 is 0 Å². The Morgan fingerprint density at radius 2 is 2.33 bits per heavy atom. The van der Waals surface area contributed by atoms with Gasteiger partial charge in [0.15, 0.2) is 5.65 Å². The van der Waals surface area contributed by atoms with Gasteiger partial charge in [0, 0.05) is 29.4 Å². The Balaban J connectivity index is 2.71. The summed E-state index contributed by atoms with van der Waals surface area (Å²) in [4.78, 5) is 7.19. The molecule has 0 aliphatic heterocycles. The number of pyridine rings is 1. The normalized spacial score (nSPS) is 11.3. The lowest BCUT2D eigenvalue weighted by Gasteiger charge is -1.91. The minimum Gasteiger partial charge on any atom is -0.366 e. The summed E-state index contributed by atoms with van der Waals surface area (Å²) < 4.78 is 1.76. The standard InChI is InChI=1S/C8H6N4/c1-2-12-8(10-5-11-12)7-4-9-3-6(1)7/h1-5,9H. The fraction of sp³-hybridized carbons (Fsp3) is 0. The zero-order chi connectivity index (χ0) is 7.97. The molecule has 0 bridgehead atoms. The summed E-state index contributed by atoms with van der Waals surface area (Å²) >= 11 is 0. The number of fused-ring (bicyclic) bond motifs is 3. The predicted octanol–water partition coefficient (Wildman–Crippen LogP) is 1.21. The van der Waals surface area contributed by atoms with E-state index in [0.29, 0.717) is 0 Å². The van der Waals surface area contributed by atoms with Crippen LogP contribution in [0.3, 0.4) is 0 Å². The third kappa shape index (κ3) is 0.567. The Labute approximate surface area is 67.8 Å². The van der Waals surface area contributed by atoms with Crippen LogP contribution in [-0.4, -0.2) is 19.6 Å². The summed E-state index contributed by atoms with van der Waals surface area (Å²) in [5, 5.41) is 6.31. The van der Waals surface area contributed by atoms with Crippen LogP contribution in [0.4, 0.5) is 0 Å².